The summed E-state index contributed by atoms with van der Waals surface area (Å²) >= 11 is 0. The zero-order valence-electron chi connectivity index (χ0n) is 16.0. The Morgan fingerprint density at radius 2 is 2.04 bits per heavy atom. The van der Waals surface area contributed by atoms with Crippen molar-refractivity contribution in [1.82, 2.24) is 14.8 Å². The van der Waals surface area contributed by atoms with Gasteiger partial charge in [0.15, 0.2) is 0 Å². The number of aromatic nitrogens is 1. The van der Waals surface area contributed by atoms with Crippen LogP contribution in [-0.4, -0.2) is 59.1 Å². The van der Waals surface area contributed by atoms with Crippen molar-refractivity contribution in [2.24, 2.45) is 4.99 Å². The van der Waals surface area contributed by atoms with Crippen LogP contribution in [0.1, 0.15) is 51.1 Å². The molecule has 3 heterocycles. The number of aliphatic imine (C=N–C) groups is 1. The zero-order valence-corrected chi connectivity index (χ0v) is 16.0. The van der Waals surface area contributed by atoms with E-state index in [4.69, 9.17) is 0 Å². The second kappa shape index (κ2) is 9.08. The summed E-state index contributed by atoms with van der Waals surface area (Å²) in [5.41, 5.74) is 2.28. The van der Waals surface area contributed by atoms with Gasteiger partial charge in [0.25, 0.3) is 0 Å². The molecule has 26 heavy (non-hydrogen) atoms. The van der Waals surface area contributed by atoms with Gasteiger partial charge in [-0.3, -0.25) is 14.7 Å². The highest BCUT2D eigenvalue weighted by Crippen LogP contribution is 2.26. The molecule has 0 saturated carbocycles. The van der Waals surface area contributed by atoms with Gasteiger partial charge in [0.1, 0.15) is 11.6 Å². The fraction of sp³-hybridized carbons (Fsp3) is 0.571. The molecule has 0 aliphatic carbocycles. The van der Waals surface area contributed by atoms with E-state index in [1.165, 1.54) is 5.69 Å². The number of nitrogens with zero attached hydrogens (tertiary/aromatic N) is 4. The molecule has 0 radical (unpaired) electrons. The molecule has 5 nitrogen and oxygen atoms in total. The molecule has 0 N–H and O–H groups in total. The molecule has 140 valence electrons. The van der Waals surface area contributed by atoms with Crippen LogP contribution in [0.2, 0.25) is 0 Å². The van der Waals surface area contributed by atoms with Crippen molar-refractivity contribution in [3.8, 4) is 0 Å². The van der Waals surface area contributed by atoms with Gasteiger partial charge in [0.05, 0.1) is 6.54 Å². The lowest BCUT2D eigenvalue weighted by Gasteiger charge is -2.31. The topological polar surface area (TPSA) is 48.8 Å². The number of piperidine rings is 1. The average molecular weight is 354 g/mol. The standard InChI is InChI=1S/C21H30N4O/c1-17-8-15-25(18(2)23-17)12-5-6-20(26)16-24-13-9-19(10-14-24)21-7-3-4-11-22-21/h3-4,7-8,11,19H,5-6,9-10,12-16H2,1-2H3. The van der Waals surface area contributed by atoms with Crippen LogP contribution >= 0.6 is 0 Å². The lowest BCUT2D eigenvalue weighted by atomic mass is 9.93. The highest BCUT2D eigenvalue weighted by Gasteiger charge is 2.22. The van der Waals surface area contributed by atoms with Crippen LogP contribution in [0.5, 0.6) is 0 Å². The number of pyridine rings is 1. The first-order valence-electron chi connectivity index (χ1n) is 9.74. The number of carbonyl (C=O) groups excluding carboxylic acids is 1. The number of carbonyl (C=O) groups is 1. The van der Waals surface area contributed by atoms with Gasteiger partial charge in [-0.1, -0.05) is 6.07 Å². The van der Waals surface area contributed by atoms with Gasteiger partial charge in [0.2, 0.25) is 0 Å². The van der Waals surface area contributed by atoms with Crippen molar-refractivity contribution in [2.45, 2.75) is 45.4 Å². The van der Waals surface area contributed by atoms with Crippen LogP contribution in [0.4, 0.5) is 0 Å². The van der Waals surface area contributed by atoms with Crippen molar-refractivity contribution >= 4 is 11.6 Å². The minimum Gasteiger partial charge on any atom is -0.356 e. The maximum atomic E-state index is 12.3. The summed E-state index contributed by atoms with van der Waals surface area (Å²) in [6.45, 7) is 8.49. The Labute approximate surface area is 156 Å². The Morgan fingerprint density at radius 3 is 2.73 bits per heavy atom. The van der Waals surface area contributed by atoms with Gasteiger partial charge in [-0.2, -0.15) is 0 Å². The van der Waals surface area contributed by atoms with Gasteiger partial charge in [-0.15, -0.1) is 0 Å². The summed E-state index contributed by atoms with van der Waals surface area (Å²) in [7, 11) is 0. The second-order valence-electron chi connectivity index (χ2n) is 7.40. The SMILES string of the molecule is CC1=CCN(CCCC(=O)CN2CCC(c3ccccn3)CC2)C(C)=N1. The molecular weight excluding hydrogens is 324 g/mol. The minimum absolute atomic E-state index is 0.361. The number of Topliss-reactive ketones (excluding diaryl/α,β-unsaturated/α-hetero) is 1. The van der Waals surface area contributed by atoms with E-state index in [2.05, 4.69) is 38.0 Å². The average Bonchev–Trinajstić information content (AvgIpc) is 2.65. The van der Waals surface area contributed by atoms with E-state index in [-0.39, 0.29) is 0 Å². The maximum absolute atomic E-state index is 12.3. The quantitative estimate of drug-likeness (QED) is 0.754. The zero-order chi connectivity index (χ0) is 18.4. The third-order valence-corrected chi connectivity index (χ3v) is 5.38. The molecule has 1 saturated heterocycles. The molecule has 2 aliphatic rings. The molecule has 0 spiro atoms. The van der Waals surface area contributed by atoms with Gasteiger partial charge in [0, 0.05) is 43.0 Å². The van der Waals surface area contributed by atoms with E-state index in [0.717, 1.165) is 57.0 Å². The first-order chi connectivity index (χ1) is 12.6. The summed E-state index contributed by atoms with van der Waals surface area (Å²) < 4.78 is 0. The maximum Gasteiger partial charge on any atom is 0.146 e. The Balaban J connectivity index is 1.34. The van der Waals surface area contributed by atoms with E-state index >= 15 is 0 Å². The number of likely N-dealkylation sites (tertiary alicyclic amines) is 1. The normalized spacial score (nSPS) is 19.2. The first-order valence-corrected chi connectivity index (χ1v) is 9.74. The molecule has 1 aromatic heterocycles. The Kier molecular flexibility index (Phi) is 6.56. The summed E-state index contributed by atoms with van der Waals surface area (Å²) in [6, 6.07) is 6.14. The molecule has 0 aromatic carbocycles. The molecule has 0 unspecified atom stereocenters. The van der Waals surface area contributed by atoms with Gasteiger partial charge in [-0.25, -0.2) is 4.99 Å². The third kappa shape index (κ3) is 5.24. The first kappa shape index (κ1) is 18.8. The minimum atomic E-state index is 0.361. The fourth-order valence-electron chi connectivity index (χ4n) is 3.80. The van der Waals surface area contributed by atoms with E-state index < -0.39 is 0 Å². The molecule has 0 amide bonds. The fourth-order valence-corrected chi connectivity index (χ4v) is 3.80. The Morgan fingerprint density at radius 1 is 1.23 bits per heavy atom. The van der Waals surface area contributed by atoms with Crippen molar-refractivity contribution in [3.05, 3.63) is 41.9 Å². The van der Waals surface area contributed by atoms with Crippen molar-refractivity contribution < 1.29 is 4.79 Å². The summed E-state index contributed by atoms with van der Waals surface area (Å²) in [6.07, 6.45) is 7.77. The number of allylic oxidation sites excluding steroid dienone is 1. The van der Waals surface area contributed by atoms with Crippen LogP contribution in [0.25, 0.3) is 0 Å². The molecule has 5 heteroatoms. The number of hydrogen-bond donors (Lipinski definition) is 0. The number of ketones is 1. The monoisotopic (exact) mass is 354 g/mol. The smallest absolute Gasteiger partial charge is 0.146 e. The van der Waals surface area contributed by atoms with Crippen LogP contribution in [-0.2, 0) is 4.79 Å². The largest absolute Gasteiger partial charge is 0.356 e. The molecule has 1 aromatic rings. The van der Waals surface area contributed by atoms with Gasteiger partial charge >= 0.3 is 0 Å². The molecule has 0 bridgehead atoms. The summed E-state index contributed by atoms with van der Waals surface area (Å²) in [5, 5.41) is 0. The van der Waals surface area contributed by atoms with Gasteiger partial charge < -0.3 is 4.90 Å². The third-order valence-electron chi connectivity index (χ3n) is 5.38. The van der Waals surface area contributed by atoms with Crippen LogP contribution in [0.15, 0.2) is 41.2 Å². The lowest BCUT2D eigenvalue weighted by Crippen LogP contribution is -2.37. The van der Waals surface area contributed by atoms with Crippen LogP contribution < -0.4 is 0 Å². The molecule has 1 fully saturated rings. The molecule has 3 rings (SSSR count). The van der Waals surface area contributed by atoms with Crippen molar-refractivity contribution in [3.63, 3.8) is 0 Å². The summed E-state index contributed by atoms with van der Waals surface area (Å²) in [4.78, 5) is 25.9. The molecule has 2 aliphatic heterocycles. The van der Waals surface area contributed by atoms with Crippen LogP contribution in [0.3, 0.4) is 0 Å². The lowest BCUT2D eigenvalue weighted by molar-refractivity contribution is -0.120. The van der Waals surface area contributed by atoms with E-state index in [9.17, 15) is 4.79 Å². The molecular formula is C21H30N4O. The predicted octanol–water partition coefficient (Wildman–Crippen LogP) is 3.25. The van der Waals surface area contributed by atoms with E-state index in [1.54, 1.807) is 0 Å². The number of amidine groups is 1. The predicted molar refractivity (Wildman–Crippen MR) is 105 cm³/mol. The van der Waals surface area contributed by atoms with Crippen LogP contribution in [0, 0.1) is 0 Å². The highest BCUT2D eigenvalue weighted by atomic mass is 16.1. The van der Waals surface area contributed by atoms with Crippen molar-refractivity contribution in [1.29, 1.82) is 0 Å². The second-order valence-corrected chi connectivity index (χ2v) is 7.40. The van der Waals surface area contributed by atoms with Gasteiger partial charge in [-0.05, 0) is 64.4 Å². The summed E-state index contributed by atoms with van der Waals surface area (Å²) in [5.74, 6) is 1.97. The number of rotatable bonds is 7. The highest BCUT2D eigenvalue weighted by molar-refractivity contribution is 5.82. The Hall–Kier alpha value is -2.01. The molecule has 0 atom stereocenters. The number of hydrogen-bond acceptors (Lipinski definition) is 5. The van der Waals surface area contributed by atoms with Crippen molar-refractivity contribution in [2.75, 3.05) is 32.7 Å². The van der Waals surface area contributed by atoms with E-state index in [0.29, 0.717) is 24.7 Å². The Bertz CT molecular complexity index is 660. The van der Waals surface area contributed by atoms with E-state index in [1.807, 2.05) is 26.1 Å².